The minimum absolute atomic E-state index is 0.0641. The summed E-state index contributed by atoms with van der Waals surface area (Å²) in [6.45, 7) is 2.85. The van der Waals surface area contributed by atoms with Crippen molar-refractivity contribution in [1.82, 2.24) is 20.2 Å². The third kappa shape index (κ3) is 3.30. The van der Waals surface area contributed by atoms with Crippen molar-refractivity contribution < 1.29 is 9.53 Å². The first kappa shape index (κ1) is 16.7. The Hall–Kier alpha value is -2.47. The Bertz CT molecular complexity index is 824. The van der Waals surface area contributed by atoms with E-state index in [1.807, 2.05) is 12.1 Å². The fraction of sp³-hybridized carbons (Fsp3) is 0.476. The summed E-state index contributed by atoms with van der Waals surface area (Å²) < 4.78 is 6.02. The van der Waals surface area contributed by atoms with Crippen LogP contribution < -0.4 is 10.1 Å². The van der Waals surface area contributed by atoms with Gasteiger partial charge in [0.05, 0.1) is 19.1 Å². The molecule has 2 aromatic rings. The van der Waals surface area contributed by atoms with Gasteiger partial charge in [-0.3, -0.25) is 9.69 Å². The van der Waals surface area contributed by atoms with Crippen molar-refractivity contribution in [1.29, 1.82) is 0 Å². The van der Waals surface area contributed by atoms with E-state index in [0.29, 0.717) is 19.0 Å². The number of carbonyl (C=O) groups excluding carboxylic acids is 1. The minimum Gasteiger partial charge on any atom is -0.493 e. The Kier molecular flexibility index (Phi) is 4.28. The zero-order valence-corrected chi connectivity index (χ0v) is 15.3. The van der Waals surface area contributed by atoms with E-state index < -0.39 is 0 Å². The van der Waals surface area contributed by atoms with E-state index in [0.717, 1.165) is 24.8 Å². The summed E-state index contributed by atoms with van der Waals surface area (Å²) in [5.74, 6) is 2.61. The van der Waals surface area contributed by atoms with Gasteiger partial charge in [0, 0.05) is 43.0 Å². The van der Waals surface area contributed by atoms with Gasteiger partial charge in [0.15, 0.2) is 0 Å². The third-order valence-electron chi connectivity index (χ3n) is 5.98. The molecule has 2 fully saturated rings. The number of aromatic nitrogens is 2. The van der Waals surface area contributed by atoms with Crippen molar-refractivity contribution in [2.75, 3.05) is 19.7 Å². The summed E-state index contributed by atoms with van der Waals surface area (Å²) in [4.78, 5) is 23.9. The molecular formula is C21H24N4O2. The lowest BCUT2D eigenvalue weighted by atomic mass is 9.85. The zero-order chi connectivity index (χ0) is 18.2. The highest BCUT2D eigenvalue weighted by atomic mass is 16.5. The molecule has 1 aromatic carbocycles. The van der Waals surface area contributed by atoms with Gasteiger partial charge in [-0.2, -0.15) is 0 Å². The molecule has 0 unspecified atom stereocenters. The normalized spacial score (nSPS) is 26.7. The summed E-state index contributed by atoms with van der Waals surface area (Å²) in [5, 5.41) is 3.04. The highest BCUT2D eigenvalue weighted by Gasteiger charge is 2.49. The summed E-state index contributed by atoms with van der Waals surface area (Å²) in [5.41, 5.74) is 1.23. The maximum Gasteiger partial charge on any atom is 0.225 e. The van der Waals surface area contributed by atoms with Gasteiger partial charge < -0.3 is 10.1 Å². The number of nitrogens with one attached hydrogen (secondary N) is 1. The molecule has 5 rings (SSSR count). The molecule has 1 saturated carbocycles. The van der Waals surface area contributed by atoms with Crippen LogP contribution in [0.4, 0.5) is 0 Å². The Labute approximate surface area is 159 Å². The van der Waals surface area contributed by atoms with Crippen molar-refractivity contribution in [3.63, 3.8) is 0 Å². The van der Waals surface area contributed by atoms with Crippen molar-refractivity contribution >= 4 is 5.91 Å². The summed E-state index contributed by atoms with van der Waals surface area (Å²) >= 11 is 0. The molecule has 3 heterocycles. The topological polar surface area (TPSA) is 67.4 Å². The number of hydrogen-bond acceptors (Lipinski definition) is 5. The number of para-hydroxylation sites is 1. The number of amides is 1. The molecule has 140 valence electrons. The average molecular weight is 364 g/mol. The number of likely N-dealkylation sites (tertiary alicyclic amines) is 1. The molecule has 1 N–H and O–H groups in total. The van der Waals surface area contributed by atoms with Gasteiger partial charge >= 0.3 is 0 Å². The zero-order valence-electron chi connectivity index (χ0n) is 15.3. The lowest BCUT2D eigenvalue weighted by Gasteiger charge is -2.34. The molecule has 0 spiro atoms. The predicted molar refractivity (Wildman–Crippen MR) is 99.8 cm³/mol. The maximum atomic E-state index is 13.0. The van der Waals surface area contributed by atoms with Crippen LogP contribution in [0.3, 0.4) is 0 Å². The van der Waals surface area contributed by atoms with E-state index in [2.05, 4.69) is 32.3 Å². The van der Waals surface area contributed by atoms with Crippen LogP contribution >= 0.6 is 0 Å². The van der Waals surface area contributed by atoms with Crippen LogP contribution in [0.25, 0.3) is 0 Å². The molecule has 1 amide bonds. The Balaban J connectivity index is 1.35. The lowest BCUT2D eigenvalue weighted by Crippen LogP contribution is -2.38. The second-order valence-corrected chi connectivity index (χ2v) is 7.84. The van der Waals surface area contributed by atoms with Crippen LogP contribution in [0.2, 0.25) is 0 Å². The van der Waals surface area contributed by atoms with Crippen molar-refractivity contribution in [2.45, 2.75) is 25.4 Å². The number of ether oxygens (including phenoxy) is 1. The Morgan fingerprint density at radius 2 is 2.00 bits per heavy atom. The van der Waals surface area contributed by atoms with Crippen LogP contribution in [-0.4, -0.2) is 40.5 Å². The molecule has 1 saturated heterocycles. The fourth-order valence-electron chi connectivity index (χ4n) is 4.49. The van der Waals surface area contributed by atoms with E-state index >= 15 is 0 Å². The van der Waals surface area contributed by atoms with Gasteiger partial charge in [0.25, 0.3) is 0 Å². The molecule has 6 heteroatoms. The molecule has 1 aliphatic carbocycles. The van der Waals surface area contributed by atoms with Crippen LogP contribution in [0.1, 0.15) is 30.3 Å². The first-order valence-corrected chi connectivity index (χ1v) is 9.79. The Morgan fingerprint density at radius 3 is 2.81 bits per heavy atom. The minimum atomic E-state index is -0.0641. The molecule has 0 radical (unpaired) electrons. The first-order valence-electron chi connectivity index (χ1n) is 9.79. The first-order chi connectivity index (χ1) is 13.3. The van der Waals surface area contributed by atoms with Gasteiger partial charge in [-0.05, 0) is 30.9 Å². The number of benzene rings is 1. The lowest BCUT2D eigenvalue weighted by molar-refractivity contribution is -0.126. The van der Waals surface area contributed by atoms with E-state index in [4.69, 9.17) is 4.74 Å². The van der Waals surface area contributed by atoms with E-state index in [-0.39, 0.29) is 23.8 Å². The number of fused-ring (bicyclic) bond motifs is 3. The SMILES string of the molecule is O=C(NCc1ncccn1)[C@@H]1CN(CC2CC2)[C@H]2c3ccccc3OC[C@@H]12. The molecule has 27 heavy (non-hydrogen) atoms. The van der Waals surface area contributed by atoms with Crippen molar-refractivity contribution in [3.8, 4) is 5.75 Å². The molecular weight excluding hydrogens is 340 g/mol. The number of hydrogen-bond donors (Lipinski definition) is 1. The monoisotopic (exact) mass is 364 g/mol. The average Bonchev–Trinajstić information content (AvgIpc) is 3.46. The third-order valence-corrected chi connectivity index (χ3v) is 5.98. The number of carbonyl (C=O) groups is 1. The van der Waals surface area contributed by atoms with Gasteiger partial charge in [-0.25, -0.2) is 9.97 Å². The number of rotatable bonds is 5. The highest BCUT2D eigenvalue weighted by Crippen LogP contribution is 2.48. The van der Waals surface area contributed by atoms with Crippen molar-refractivity contribution in [2.24, 2.45) is 17.8 Å². The molecule has 3 atom stereocenters. The fourth-order valence-corrected chi connectivity index (χ4v) is 4.49. The quantitative estimate of drug-likeness (QED) is 0.881. The van der Waals surface area contributed by atoms with Gasteiger partial charge in [-0.1, -0.05) is 18.2 Å². The van der Waals surface area contributed by atoms with Crippen LogP contribution in [0.5, 0.6) is 5.75 Å². The second kappa shape index (κ2) is 6.93. The molecule has 6 nitrogen and oxygen atoms in total. The van der Waals surface area contributed by atoms with Crippen LogP contribution in [0.15, 0.2) is 42.7 Å². The van der Waals surface area contributed by atoms with E-state index in [9.17, 15) is 4.79 Å². The maximum absolute atomic E-state index is 13.0. The Morgan fingerprint density at radius 1 is 1.19 bits per heavy atom. The molecule has 0 bridgehead atoms. The van der Waals surface area contributed by atoms with Crippen molar-refractivity contribution in [3.05, 3.63) is 54.1 Å². The second-order valence-electron chi connectivity index (χ2n) is 7.84. The van der Waals surface area contributed by atoms with E-state index in [1.165, 1.54) is 18.4 Å². The summed E-state index contributed by atoms with van der Waals surface area (Å²) in [6.07, 6.45) is 6.02. The van der Waals surface area contributed by atoms with Gasteiger partial charge in [-0.15, -0.1) is 0 Å². The summed E-state index contributed by atoms with van der Waals surface area (Å²) in [6, 6.07) is 10.3. The smallest absolute Gasteiger partial charge is 0.225 e. The molecule has 1 aromatic heterocycles. The standard InChI is InChI=1S/C21H24N4O2/c26-21(24-10-19-22-8-3-9-23-19)16-12-25(11-14-6-7-14)20-15-4-1-2-5-18(15)27-13-17(16)20/h1-5,8-9,14,16-17,20H,6-7,10-13H2,(H,24,26)/t16-,17+,20+/m1/s1. The van der Waals surface area contributed by atoms with Gasteiger partial charge in [0.2, 0.25) is 5.91 Å². The van der Waals surface area contributed by atoms with Gasteiger partial charge in [0.1, 0.15) is 11.6 Å². The largest absolute Gasteiger partial charge is 0.493 e. The highest BCUT2D eigenvalue weighted by molar-refractivity contribution is 5.80. The molecule has 2 aliphatic heterocycles. The predicted octanol–water partition coefficient (Wildman–Crippen LogP) is 2.18. The number of nitrogens with zero attached hydrogens (tertiary/aromatic N) is 3. The van der Waals surface area contributed by atoms with E-state index in [1.54, 1.807) is 18.5 Å². The van der Waals surface area contributed by atoms with Crippen LogP contribution in [-0.2, 0) is 11.3 Å². The van der Waals surface area contributed by atoms with Crippen LogP contribution in [0, 0.1) is 17.8 Å². The summed E-state index contributed by atoms with van der Waals surface area (Å²) in [7, 11) is 0. The molecule has 3 aliphatic rings.